The van der Waals surface area contributed by atoms with Crippen LogP contribution < -0.4 is 0 Å². The van der Waals surface area contributed by atoms with Crippen molar-refractivity contribution in [3.8, 4) is 0 Å². The number of carbonyl (C=O) groups is 1. The zero-order valence-electron chi connectivity index (χ0n) is 8.45. The van der Waals surface area contributed by atoms with Crippen molar-refractivity contribution in [2.45, 2.75) is 20.3 Å². The third-order valence-corrected chi connectivity index (χ3v) is 3.43. The molecule has 2 aliphatic carbocycles. The quantitative estimate of drug-likeness (QED) is 0.637. The second-order valence-corrected chi connectivity index (χ2v) is 4.29. The Balaban J connectivity index is 2.60. The van der Waals surface area contributed by atoms with E-state index in [0.717, 1.165) is 5.57 Å². The minimum absolute atomic E-state index is 0.0498. The average molecular weight is 190 g/mol. The first-order chi connectivity index (χ1) is 6.55. The van der Waals surface area contributed by atoms with Crippen LogP contribution in [-0.4, -0.2) is 10.9 Å². The fourth-order valence-electron chi connectivity index (χ4n) is 2.18. The Kier molecular flexibility index (Phi) is 1.88. The predicted molar refractivity (Wildman–Crippen MR) is 54.8 cm³/mol. The Morgan fingerprint density at radius 2 is 2.21 bits per heavy atom. The maximum absolute atomic E-state index is 11.4. The van der Waals surface area contributed by atoms with Gasteiger partial charge in [0.15, 0.2) is 11.5 Å². The lowest BCUT2D eigenvalue weighted by Gasteiger charge is -2.39. The lowest BCUT2D eigenvalue weighted by atomic mass is 9.65. The Morgan fingerprint density at radius 3 is 2.93 bits per heavy atom. The first-order valence-corrected chi connectivity index (χ1v) is 4.88. The summed E-state index contributed by atoms with van der Waals surface area (Å²) in [5.41, 5.74) is 0.593. The van der Waals surface area contributed by atoms with E-state index in [-0.39, 0.29) is 22.9 Å². The number of carbonyl (C=O) groups excluding carboxylic acids is 1. The van der Waals surface area contributed by atoms with Gasteiger partial charge in [0.2, 0.25) is 0 Å². The molecule has 2 unspecified atom stereocenters. The summed E-state index contributed by atoms with van der Waals surface area (Å²) in [5.74, 6) is 0.0678. The summed E-state index contributed by atoms with van der Waals surface area (Å²) < 4.78 is 0. The van der Waals surface area contributed by atoms with Crippen molar-refractivity contribution in [2.24, 2.45) is 11.3 Å². The number of aliphatic hydroxyl groups excluding tert-OH is 1. The summed E-state index contributed by atoms with van der Waals surface area (Å²) in [7, 11) is 0. The number of aliphatic hydroxyl groups is 1. The van der Waals surface area contributed by atoms with Crippen LogP contribution in [0.4, 0.5) is 0 Å². The molecule has 0 fully saturated rings. The third kappa shape index (κ3) is 1.07. The van der Waals surface area contributed by atoms with E-state index >= 15 is 0 Å². The van der Waals surface area contributed by atoms with E-state index in [1.165, 1.54) is 0 Å². The maximum atomic E-state index is 11.4. The Morgan fingerprint density at radius 1 is 1.50 bits per heavy atom. The molecule has 0 amide bonds. The zero-order chi connectivity index (χ0) is 10.3. The highest BCUT2D eigenvalue weighted by atomic mass is 16.3. The van der Waals surface area contributed by atoms with Gasteiger partial charge in [0.25, 0.3) is 0 Å². The first-order valence-electron chi connectivity index (χ1n) is 4.88. The molecule has 0 radical (unpaired) electrons. The maximum Gasteiger partial charge on any atom is 0.197 e. The molecule has 0 saturated carbocycles. The highest BCUT2D eigenvalue weighted by Crippen LogP contribution is 2.46. The van der Waals surface area contributed by atoms with Gasteiger partial charge in [0.1, 0.15) is 0 Å². The Labute approximate surface area is 83.6 Å². The lowest BCUT2D eigenvalue weighted by Crippen LogP contribution is -2.34. The van der Waals surface area contributed by atoms with Gasteiger partial charge < -0.3 is 5.11 Å². The fraction of sp³-hybridized carbons (Fsp3) is 0.417. The SMILES string of the molecule is CC1CC(=O)C(O)=C2C=CC=CC21C. The van der Waals surface area contributed by atoms with Gasteiger partial charge in [-0.15, -0.1) is 0 Å². The molecular formula is C12H14O2. The van der Waals surface area contributed by atoms with Crippen molar-refractivity contribution >= 4 is 5.78 Å². The van der Waals surface area contributed by atoms with Crippen molar-refractivity contribution in [3.63, 3.8) is 0 Å². The van der Waals surface area contributed by atoms with Crippen LogP contribution in [0.1, 0.15) is 20.3 Å². The van der Waals surface area contributed by atoms with Crippen LogP contribution in [0.3, 0.4) is 0 Å². The van der Waals surface area contributed by atoms with E-state index in [9.17, 15) is 9.90 Å². The van der Waals surface area contributed by atoms with Crippen molar-refractivity contribution < 1.29 is 9.90 Å². The van der Waals surface area contributed by atoms with Gasteiger partial charge in [-0.05, 0) is 5.92 Å². The normalized spacial score (nSPS) is 36.1. The van der Waals surface area contributed by atoms with Gasteiger partial charge in [0.05, 0.1) is 0 Å². The minimum Gasteiger partial charge on any atom is -0.504 e. The van der Waals surface area contributed by atoms with E-state index in [0.29, 0.717) is 6.42 Å². The number of rotatable bonds is 0. The summed E-state index contributed by atoms with van der Waals surface area (Å²) in [6.07, 6.45) is 8.17. The average Bonchev–Trinajstić information content (AvgIpc) is 2.15. The van der Waals surface area contributed by atoms with E-state index in [4.69, 9.17) is 0 Å². The van der Waals surface area contributed by atoms with Crippen LogP contribution in [0, 0.1) is 11.3 Å². The number of fused-ring (bicyclic) bond motifs is 1. The smallest absolute Gasteiger partial charge is 0.197 e. The number of ketones is 1. The van der Waals surface area contributed by atoms with Gasteiger partial charge in [0, 0.05) is 17.4 Å². The molecule has 2 heteroatoms. The molecule has 0 aromatic heterocycles. The lowest BCUT2D eigenvalue weighted by molar-refractivity contribution is -0.120. The molecule has 2 aliphatic rings. The molecule has 2 nitrogen and oxygen atoms in total. The van der Waals surface area contributed by atoms with Crippen LogP contribution >= 0.6 is 0 Å². The van der Waals surface area contributed by atoms with Crippen molar-refractivity contribution in [2.75, 3.05) is 0 Å². The van der Waals surface area contributed by atoms with E-state index < -0.39 is 0 Å². The standard InChI is InChI=1S/C12H14O2/c1-8-7-10(13)11(14)9-5-3-4-6-12(8,9)2/h3-6,8,14H,7H2,1-2H3. The topological polar surface area (TPSA) is 37.3 Å². The van der Waals surface area contributed by atoms with Gasteiger partial charge in [-0.25, -0.2) is 0 Å². The number of hydrogen-bond acceptors (Lipinski definition) is 2. The highest BCUT2D eigenvalue weighted by Gasteiger charge is 2.41. The van der Waals surface area contributed by atoms with Gasteiger partial charge in [-0.3, -0.25) is 4.79 Å². The van der Waals surface area contributed by atoms with E-state index in [1.54, 1.807) is 0 Å². The third-order valence-electron chi connectivity index (χ3n) is 3.43. The summed E-state index contributed by atoms with van der Waals surface area (Å²) in [5, 5.41) is 9.70. The molecule has 14 heavy (non-hydrogen) atoms. The first kappa shape index (κ1) is 9.25. The second kappa shape index (κ2) is 2.84. The summed E-state index contributed by atoms with van der Waals surface area (Å²) in [6.45, 7) is 4.11. The van der Waals surface area contributed by atoms with Crippen LogP contribution in [0.25, 0.3) is 0 Å². The van der Waals surface area contributed by atoms with Crippen LogP contribution in [-0.2, 0) is 4.79 Å². The van der Waals surface area contributed by atoms with E-state index in [2.05, 4.69) is 13.0 Å². The number of Topliss-reactive ketones (excluding diaryl/α,β-unsaturated/α-hetero) is 1. The molecule has 0 spiro atoms. The summed E-state index contributed by atoms with van der Waals surface area (Å²) in [4.78, 5) is 11.4. The molecule has 0 heterocycles. The van der Waals surface area contributed by atoms with Gasteiger partial charge >= 0.3 is 0 Å². The fourth-order valence-corrected chi connectivity index (χ4v) is 2.18. The largest absolute Gasteiger partial charge is 0.504 e. The molecule has 1 N–H and O–H groups in total. The van der Waals surface area contributed by atoms with Crippen LogP contribution in [0.15, 0.2) is 35.6 Å². The molecule has 0 bridgehead atoms. The molecule has 0 aromatic carbocycles. The summed E-state index contributed by atoms with van der Waals surface area (Å²) in [6, 6.07) is 0. The van der Waals surface area contributed by atoms with Crippen molar-refractivity contribution in [1.29, 1.82) is 0 Å². The zero-order valence-corrected chi connectivity index (χ0v) is 8.45. The van der Waals surface area contributed by atoms with Gasteiger partial charge in [-0.1, -0.05) is 38.2 Å². The second-order valence-electron chi connectivity index (χ2n) is 4.29. The highest BCUT2D eigenvalue weighted by molar-refractivity contribution is 5.96. The monoisotopic (exact) mass is 190 g/mol. The van der Waals surface area contributed by atoms with Crippen LogP contribution in [0.5, 0.6) is 0 Å². The summed E-state index contributed by atoms with van der Waals surface area (Å²) >= 11 is 0. The molecule has 0 saturated heterocycles. The van der Waals surface area contributed by atoms with Crippen molar-refractivity contribution in [1.82, 2.24) is 0 Å². The Bertz CT molecular complexity index is 374. The molecule has 2 atom stereocenters. The number of hydrogen-bond donors (Lipinski definition) is 1. The van der Waals surface area contributed by atoms with Crippen molar-refractivity contribution in [3.05, 3.63) is 35.6 Å². The molecule has 0 aromatic rings. The van der Waals surface area contributed by atoms with Crippen LogP contribution in [0.2, 0.25) is 0 Å². The molecule has 74 valence electrons. The molecule has 2 rings (SSSR count). The molecule has 0 aliphatic heterocycles. The minimum atomic E-state index is -0.174. The Hall–Kier alpha value is -1.31. The predicted octanol–water partition coefficient (Wildman–Crippen LogP) is 2.54. The van der Waals surface area contributed by atoms with Gasteiger partial charge in [-0.2, -0.15) is 0 Å². The number of allylic oxidation sites excluding steroid dienone is 6. The molecular weight excluding hydrogens is 176 g/mol. The van der Waals surface area contributed by atoms with E-state index in [1.807, 2.05) is 25.2 Å².